The lowest BCUT2D eigenvalue weighted by atomic mass is 10.2. The Bertz CT molecular complexity index is 773. The summed E-state index contributed by atoms with van der Waals surface area (Å²) in [6.07, 6.45) is 4.65. The fraction of sp³-hybridized carbons (Fsp3) is 0.167. The minimum absolute atomic E-state index is 0.101. The molecule has 9 heteroatoms. The lowest BCUT2D eigenvalue weighted by Gasteiger charge is -2.09. The van der Waals surface area contributed by atoms with Gasteiger partial charge in [0, 0.05) is 18.9 Å². The van der Waals surface area contributed by atoms with E-state index in [2.05, 4.69) is 4.98 Å². The number of aromatic carboxylic acids is 1. The summed E-state index contributed by atoms with van der Waals surface area (Å²) in [7, 11) is -3.74. The second kappa shape index (κ2) is 6.05. The van der Waals surface area contributed by atoms with E-state index in [0.29, 0.717) is 0 Å². The van der Waals surface area contributed by atoms with Crippen molar-refractivity contribution < 1.29 is 18.3 Å². The van der Waals surface area contributed by atoms with Crippen LogP contribution >= 0.6 is 23.2 Å². The van der Waals surface area contributed by atoms with Gasteiger partial charge in [-0.05, 0) is 12.1 Å². The number of carboxylic acids is 1. The summed E-state index contributed by atoms with van der Waals surface area (Å²) >= 11 is 11.6. The number of aromatic nitrogens is 2. The maximum atomic E-state index is 12.3. The highest BCUT2D eigenvalue weighted by molar-refractivity contribution is 7.91. The highest BCUT2D eigenvalue weighted by Crippen LogP contribution is 2.29. The molecule has 0 bridgehead atoms. The predicted molar refractivity (Wildman–Crippen MR) is 77.7 cm³/mol. The SMILES string of the molecule is O=C(O)c1cc(S(=O)(=O)CCn2ccnc2)c(Cl)cc1Cl. The Kier molecular flexibility index (Phi) is 4.55. The van der Waals surface area contributed by atoms with Gasteiger partial charge in [-0.3, -0.25) is 0 Å². The van der Waals surface area contributed by atoms with Gasteiger partial charge < -0.3 is 9.67 Å². The zero-order valence-electron chi connectivity index (χ0n) is 10.5. The molecule has 0 aliphatic heterocycles. The van der Waals surface area contributed by atoms with Crippen molar-refractivity contribution >= 4 is 39.0 Å². The van der Waals surface area contributed by atoms with E-state index >= 15 is 0 Å². The number of hydrogen-bond acceptors (Lipinski definition) is 4. The molecule has 0 spiro atoms. The zero-order valence-corrected chi connectivity index (χ0v) is 12.9. The van der Waals surface area contributed by atoms with Crippen LogP contribution in [0.15, 0.2) is 35.7 Å². The molecule has 0 amide bonds. The molecular weight excluding hydrogens is 339 g/mol. The summed E-state index contributed by atoms with van der Waals surface area (Å²) in [4.78, 5) is 14.6. The van der Waals surface area contributed by atoms with E-state index in [1.807, 2.05) is 0 Å². The van der Waals surface area contributed by atoms with Gasteiger partial charge in [0.05, 0.1) is 32.6 Å². The molecule has 6 nitrogen and oxygen atoms in total. The Labute approximate surface area is 130 Å². The summed E-state index contributed by atoms with van der Waals surface area (Å²) in [5, 5.41) is 8.78. The highest BCUT2D eigenvalue weighted by atomic mass is 35.5. The summed E-state index contributed by atoms with van der Waals surface area (Å²) in [5.74, 6) is -1.55. The smallest absolute Gasteiger partial charge is 0.337 e. The molecule has 2 aromatic rings. The van der Waals surface area contributed by atoms with Crippen LogP contribution in [-0.2, 0) is 16.4 Å². The molecule has 1 aromatic carbocycles. The normalized spacial score (nSPS) is 11.5. The third-order valence-corrected chi connectivity index (χ3v) is 5.23. The van der Waals surface area contributed by atoms with E-state index in [1.54, 1.807) is 10.8 Å². The summed E-state index contributed by atoms with van der Waals surface area (Å²) in [5.41, 5.74) is -0.303. The third-order valence-electron chi connectivity index (χ3n) is 2.76. The Morgan fingerprint density at radius 3 is 2.57 bits per heavy atom. The molecule has 0 fully saturated rings. The molecule has 21 heavy (non-hydrogen) atoms. The van der Waals surface area contributed by atoms with E-state index in [-0.39, 0.29) is 32.8 Å². The number of hydrogen-bond donors (Lipinski definition) is 1. The van der Waals surface area contributed by atoms with Crippen LogP contribution in [0, 0.1) is 0 Å². The maximum absolute atomic E-state index is 12.3. The van der Waals surface area contributed by atoms with E-state index in [1.165, 1.54) is 12.5 Å². The predicted octanol–water partition coefficient (Wildman–Crippen LogP) is 2.36. The lowest BCUT2D eigenvalue weighted by molar-refractivity contribution is 0.0697. The number of aryl methyl sites for hydroxylation is 1. The first-order valence-corrected chi connectivity index (χ1v) is 8.13. The van der Waals surface area contributed by atoms with Crippen LogP contribution in [0.5, 0.6) is 0 Å². The van der Waals surface area contributed by atoms with Crippen molar-refractivity contribution in [1.29, 1.82) is 0 Å². The van der Waals surface area contributed by atoms with Gasteiger partial charge in [-0.1, -0.05) is 23.2 Å². The van der Waals surface area contributed by atoms with Gasteiger partial charge in [0.2, 0.25) is 0 Å². The van der Waals surface area contributed by atoms with Crippen LogP contribution in [0.2, 0.25) is 10.0 Å². The largest absolute Gasteiger partial charge is 0.478 e. The van der Waals surface area contributed by atoms with Gasteiger partial charge >= 0.3 is 5.97 Å². The van der Waals surface area contributed by atoms with E-state index in [0.717, 1.165) is 12.1 Å². The molecule has 1 N–H and O–H groups in total. The highest BCUT2D eigenvalue weighted by Gasteiger charge is 2.22. The molecule has 0 radical (unpaired) electrons. The van der Waals surface area contributed by atoms with Crippen LogP contribution in [0.1, 0.15) is 10.4 Å². The van der Waals surface area contributed by atoms with Crippen molar-refractivity contribution in [3.8, 4) is 0 Å². The van der Waals surface area contributed by atoms with Crippen molar-refractivity contribution in [1.82, 2.24) is 9.55 Å². The van der Waals surface area contributed by atoms with Gasteiger partial charge in [-0.25, -0.2) is 18.2 Å². The number of rotatable bonds is 5. The number of carbonyl (C=O) groups is 1. The topological polar surface area (TPSA) is 89.3 Å². The van der Waals surface area contributed by atoms with E-state index < -0.39 is 15.8 Å². The number of benzene rings is 1. The van der Waals surface area contributed by atoms with Crippen LogP contribution in [-0.4, -0.2) is 34.8 Å². The second-order valence-electron chi connectivity index (χ2n) is 4.19. The van der Waals surface area contributed by atoms with E-state index in [4.69, 9.17) is 28.3 Å². The molecule has 1 aromatic heterocycles. The summed E-state index contributed by atoms with van der Waals surface area (Å²) in [6.45, 7) is 0.184. The zero-order chi connectivity index (χ0) is 15.6. The third kappa shape index (κ3) is 3.55. The first-order chi connectivity index (χ1) is 9.81. The molecule has 1 heterocycles. The molecule has 2 rings (SSSR count). The average molecular weight is 349 g/mol. The van der Waals surface area contributed by atoms with Crippen molar-refractivity contribution in [3.05, 3.63) is 46.5 Å². The summed E-state index contributed by atoms with van der Waals surface area (Å²) < 4.78 is 26.2. The monoisotopic (exact) mass is 348 g/mol. The van der Waals surface area contributed by atoms with Gasteiger partial charge in [0.15, 0.2) is 9.84 Å². The maximum Gasteiger partial charge on any atom is 0.337 e. The lowest BCUT2D eigenvalue weighted by Crippen LogP contribution is -2.14. The van der Waals surface area contributed by atoms with Gasteiger partial charge in [-0.2, -0.15) is 0 Å². The van der Waals surface area contributed by atoms with Crippen molar-refractivity contribution in [2.45, 2.75) is 11.4 Å². The molecule has 112 valence electrons. The molecule has 0 unspecified atom stereocenters. The van der Waals surface area contributed by atoms with Gasteiger partial charge in [-0.15, -0.1) is 0 Å². The van der Waals surface area contributed by atoms with E-state index in [9.17, 15) is 13.2 Å². The molecular formula is C12H10Cl2N2O4S. The van der Waals surface area contributed by atoms with Crippen molar-refractivity contribution in [3.63, 3.8) is 0 Å². The van der Waals surface area contributed by atoms with Crippen LogP contribution in [0.25, 0.3) is 0 Å². The molecule has 0 aliphatic carbocycles. The minimum Gasteiger partial charge on any atom is -0.478 e. The van der Waals surface area contributed by atoms with Gasteiger partial charge in [0.1, 0.15) is 0 Å². The van der Waals surface area contributed by atoms with Crippen LogP contribution in [0.4, 0.5) is 0 Å². The quantitative estimate of drug-likeness (QED) is 0.895. The minimum atomic E-state index is -3.74. The fourth-order valence-electron chi connectivity index (χ4n) is 1.69. The number of nitrogens with zero attached hydrogens (tertiary/aromatic N) is 2. The first kappa shape index (κ1) is 15.8. The molecule has 0 saturated heterocycles. The second-order valence-corrected chi connectivity index (χ2v) is 7.08. The molecule has 0 atom stereocenters. The van der Waals surface area contributed by atoms with Crippen LogP contribution < -0.4 is 0 Å². The number of sulfone groups is 1. The standard InChI is InChI=1S/C12H10Cl2N2O4S/c13-9-6-10(14)11(5-8(9)12(17)18)21(19,20)4-3-16-2-1-15-7-16/h1-2,5-7H,3-4H2,(H,17,18). The summed E-state index contributed by atoms with van der Waals surface area (Å²) in [6, 6.07) is 2.10. The Hall–Kier alpha value is -1.57. The molecule has 0 saturated carbocycles. The Balaban J connectivity index is 2.35. The van der Waals surface area contributed by atoms with Crippen LogP contribution in [0.3, 0.4) is 0 Å². The fourth-order valence-corrected chi connectivity index (χ4v) is 3.83. The number of imidazole rings is 1. The van der Waals surface area contributed by atoms with Gasteiger partial charge in [0.25, 0.3) is 0 Å². The first-order valence-electron chi connectivity index (χ1n) is 5.72. The number of halogens is 2. The molecule has 0 aliphatic rings. The Morgan fingerprint density at radius 2 is 2.00 bits per heavy atom. The average Bonchev–Trinajstić information content (AvgIpc) is 2.88. The van der Waals surface area contributed by atoms with Crippen molar-refractivity contribution in [2.75, 3.05) is 5.75 Å². The van der Waals surface area contributed by atoms with Crippen molar-refractivity contribution in [2.24, 2.45) is 0 Å². The number of carboxylic acid groups (broad SMARTS) is 1. The Morgan fingerprint density at radius 1 is 1.29 bits per heavy atom.